The van der Waals surface area contributed by atoms with Crippen LogP contribution in [0.4, 0.5) is 17.6 Å². The van der Waals surface area contributed by atoms with E-state index in [9.17, 15) is 27.2 Å². The number of rotatable bonds is 4. The lowest BCUT2D eigenvalue weighted by Gasteiger charge is -2.25. The Bertz CT molecular complexity index is 361. The van der Waals surface area contributed by atoms with E-state index in [2.05, 4.69) is 0 Å². The normalized spacial score (nSPS) is 24.7. The first-order valence-electron chi connectivity index (χ1n) is 5.36. The predicted molar refractivity (Wildman–Crippen MR) is 52.5 cm³/mol. The number of carbonyl (C=O) groups is 2. The van der Waals surface area contributed by atoms with Gasteiger partial charge in [0.25, 0.3) is 5.91 Å². The number of carboxylic acids is 1. The molecule has 0 aromatic rings. The summed E-state index contributed by atoms with van der Waals surface area (Å²) in [5.74, 6) is -7.97. The summed E-state index contributed by atoms with van der Waals surface area (Å²) in [5.41, 5.74) is -1.31. The van der Waals surface area contributed by atoms with Crippen molar-refractivity contribution >= 4 is 11.9 Å². The van der Waals surface area contributed by atoms with E-state index >= 15 is 0 Å². The van der Waals surface area contributed by atoms with Gasteiger partial charge in [0, 0.05) is 13.1 Å². The number of aliphatic carboxylic acids is 1. The summed E-state index contributed by atoms with van der Waals surface area (Å²) in [6, 6.07) is 0. The largest absolute Gasteiger partial charge is 0.481 e. The van der Waals surface area contributed by atoms with Gasteiger partial charge in [0.05, 0.1) is 5.41 Å². The standard InChI is InChI=1S/C10H13F4NO3/c1-2-9(8(17)18)3-4-15(5-9)7(16)10(13,14)6(11)12/h6H,2-5H2,1H3,(H,17,18). The van der Waals surface area contributed by atoms with Crippen LogP contribution in [-0.2, 0) is 9.59 Å². The summed E-state index contributed by atoms with van der Waals surface area (Å²) in [4.78, 5) is 22.8. The summed E-state index contributed by atoms with van der Waals surface area (Å²) in [5, 5.41) is 9.00. The highest BCUT2D eigenvalue weighted by atomic mass is 19.3. The minimum atomic E-state index is -4.76. The molecule has 0 spiro atoms. The summed E-state index contributed by atoms with van der Waals surface area (Å²) >= 11 is 0. The van der Waals surface area contributed by atoms with Crippen molar-refractivity contribution in [1.29, 1.82) is 0 Å². The second-order valence-corrected chi connectivity index (χ2v) is 4.34. The number of carboxylic acid groups (broad SMARTS) is 1. The van der Waals surface area contributed by atoms with Gasteiger partial charge in [0.2, 0.25) is 0 Å². The molecule has 0 aromatic heterocycles. The quantitative estimate of drug-likeness (QED) is 0.790. The molecule has 1 atom stereocenters. The number of alkyl halides is 4. The zero-order valence-electron chi connectivity index (χ0n) is 9.63. The predicted octanol–water partition coefficient (Wildman–Crippen LogP) is 1.60. The molecule has 0 aliphatic carbocycles. The van der Waals surface area contributed by atoms with Crippen LogP contribution in [0.5, 0.6) is 0 Å². The van der Waals surface area contributed by atoms with Gasteiger partial charge in [-0.25, -0.2) is 8.78 Å². The number of carbonyl (C=O) groups excluding carboxylic acids is 1. The van der Waals surface area contributed by atoms with Crippen molar-refractivity contribution in [2.24, 2.45) is 5.41 Å². The number of nitrogens with zero attached hydrogens (tertiary/aromatic N) is 1. The lowest BCUT2D eigenvalue weighted by atomic mass is 9.84. The number of halogens is 4. The van der Waals surface area contributed by atoms with Crippen molar-refractivity contribution in [2.45, 2.75) is 32.1 Å². The van der Waals surface area contributed by atoms with E-state index < -0.39 is 36.2 Å². The van der Waals surface area contributed by atoms with E-state index in [4.69, 9.17) is 5.11 Å². The Kier molecular flexibility index (Phi) is 3.87. The summed E-state index contributed by atoms with van der Waals surface area (Å²) < 4.78 is 49.8. The van der Waals surface area contributed by atoms with Gasteiger partial charge in [0.15, 0.2) is 0 Å². The van der Waals surface area contributed by atoms with Crippen LogP contribution in [0.1, 0.15) is 19.8 Å². The van der Waals surface area contributed by atoms with E-state index in [1.807, 2.05) is 0 Å². The number of likely N-dealkylation sites (tertiary alicyclic amines) is 1. The minimum absolute atomic E-state index is 0.0100. The highest BCUT2D eigenvalue weighted by molar-refractivity contribution is 5.86. The lowest BCUT2D eigenvalue weighted by molar-refractivity contribution is -0.180. The molecule has 104 valence electrons. The van der Waals surface area contributed by atoms with Crippen LogP contribution in [0, 0.1) is 5.41 Å². The van der Waals surface area contributed by atoms with Gasteiger partial charge in [-0.3, -0.25) is 9.59 Å². The third-order valence-electron chi connectivity index (χ3n) is 3.33. The van der Waals surface area contributed by atoms with Crippen molar-refractivity contribution in [3.05, 3.63) is 0 Å². The smallest absolute Gasteiger partial charge is 0.383 e. The molecule has 1 aliphatic heterocycles. The van der Waals surface area contributed by atoms with Crippen molar-refractivity contribution < 1.29 is 32.3 Å². The zero-order valence-corrected chi connectivity index (χ0v) is 9.63. The fraction of sp³-hybridized carbons (Fsp3) is 0.800. The Morgan fingerprint density at radius 3 is 2.33 bits per heavy atom. The molecule has 1 fully saturated rings. The molecule has 18 heavy (non-hydrogen) atoms. The molecule has 8 heteroatoms. The van der Waals surface area contributed by atoms with Gasteiger partial charge in [0.1, 0.15) is 0 Å². The fourth-order valence-corrected chi connectivity index (χ4v) is 1.96. The molecule has 1 unspecified atom stereocenters. The van der Waals surface area contributed by atoms with Crippen molar-refractivity contribution in [1.82, 2.24) is 4.90 Å². The molecule has 0 aromatic carbocycles. The highest BCUT2D eigenvalue weighted by Crippen LogP contribution is 2.36. The van der Waals surface area contributed by atoms with E-state index in [1.165, 1.54) is 0 Å². The molecule has 4 nitrogen and oxygen atoms in total. The zero-order chi connectivity index (χ0) is 14.1. The third-order valence-corrected chi connectivity index (χ3v) is 3.33. The first kappa shape index (κ1) is 14.7. The van der Waals surface area contributed by atoms with Crippen molar-refractivity contribution in [2.75, 3.05) is 13.1 Å². The maximum absolute atomic E-state index is 12.9. The van der Waals surface area contributed by atoms with Gasteiger partial charge in [-0.2, -0.15) is 8.78 Å². The Hall–Kier alpha value is -1.34. The highest BCUT2D eigenvalue weighted by Gasteiger charge is 2.55. The van der Waals surface area contributed by atoms with Gasteiger partial charge >= 0.3 is 18.3 Å². The van der Waals surface area contributed by atoms with Crippen molar-refractivity contribution in [3.8, 4) is 0 Å². The minimum Gasteiger partial charge on any atom is -0.481 e. The second kappa shape index (κ2) is 4.74. The summed E-state index contributed by atoms with van der Waals surface area (Å²) in [6.07, 6.45) is -3.96. The molecular weight excluding hydrogens is 258 g/mol. The van der Waals surface area contributed by atoms with Crippen LogP contribution in [0.3, 0.4) is 0 Å². The summed E-state index contributed by atoms with van der Waals surface area (Å²) in [7, 11) is 0. The van der Waals surface area contributed by atoms with E-state index in [-0.39, 0.29) is 19.4 Å². The Balaban J connectivity index is 2.85. The summed E-state index contributed by atoms with van der Waals surface area (Å²) in [6.45, 7) is 0.842. The van der Waals surface area contributed by atoms with E-state index in [0.29, 0.717) is 4.90 Å². The molecule has 1 heterocycles. The first-order chi connectivity index (χ1) is 8.17. The number of amides is 1. The molecule has 1 N–H and O–H groups in total. The third kappa shape index (κ3) is 2.28. The topological polar surface area (TPSA) is 57.6 Å². The van der Waals surface area contributed by atoms with Crippen LogP contribution in [0.25, 0.3) is 0 Å². The van der Waals surface area contributed by atoms with Gasteiger partial charge < -0.3 is 10.0 Å². The Morgan fingerprint density at radius 2 is 2.00 bits per heavy atom. The lowest BCUT2D eigenvalue weighted by Crippen LogP contribution is -2.48. The average Bonchev–Trinajstić information content (AvgIpc) is 2.73. The van der Waals surface area contributed by atoms with Gasteiger partial charge in [-0.15, -0.1) is 0 Å². The Morgan fingerprint density at radius 1 is 1.44 bits per heavy atom. The fourth-order valence-electron chi connectivity index (χ4n) is 1.96. The molecule has 0 saturated carbocycles. The van der Waals surface area contributed by atoms with Crippen LogP contribution < -0.4 is 0 Å². The van der Waals surface area contributed by atoms with Gasteiger partial charge in [-0.1, -0.05) is 6.92 Å². The SMILES string of the molecule is CCC1(C(=O)O)CCN(C(=O)C(F)(F)C(F)F)C1. The maximum atomic E-state index is 12.9. The van der Waals surface area contributed by atoms with Crippen LogP contribution >= 0.6 is 0 Å². The molecule has 1 saturated heterocycles. The molecule has 1 rings (SSSR count). The van der Waals surface area contributed by atoms with Gasteiger partial charge in [-0.05, 0) is 12.8 Å². The number of hydrogen-bond donors (Lipinski definition) is 1. The average molecular weight is 271 g/mol. The van der Waals surface area contributed by atoms with Crippen LogP contribution in [0.2, 0.25) is 0 Å². The molecule has 0 radical (unpaired) electrons. The second-order valence-electron chi connectivity index (χ2n) is 4.34. The number of hydrogen-bond acceptors (Lipinski definition) is 2. The maximum Gasteiger partial charge on any atom is 0.383 e. The first-order valence-corrected chi connectivity index (χ1v) is 5.36. The van der Waals surface area contributed by atoms with Crippen molar-refractivity contribution in [3.63, 3.8) is 0 Å². The Labute approximate surface area is 101 Å². The van der Waals surface area contributed by atoms with E-state index in [1.54, 1.807) is 6.92 Å². The molecule has 0 bridgehead atoms. The molecular formula is C10H13F4NO3. The molecule has 1 amide bonds. The van der Waals surface area contributed by atoms with E-state index in [0.717, 1.165) is 0 Å². The van der Waals surface area contributed by atoms with Crippen LogP contribution in [0.15, 0.2) is 0 Å². The van der Waals surface area contributed by atoms with Crippen LogP contribution in [-0.4, -0.2) is 47.3 Å². The molecule has 1 aliphatic rings. The monoisotopic (exact) mass is 271 g/mol.